The summed E-state index contributed by atoms with van der Waals surface area (Å²) in [4.78, 5) is 0. The molecule has 1 aliphatic carbocycles. The number of hydrogen-bond donors (Lipinski definition) is 2. The fraction of sp³-hybridized carbons (Fsp3) is 0.529. The van der Waals surface area contributed by atoms with Gasteiger partial charge in [-0.1, -0.05) is 24.3 Å². The van der Waals surface area contributed by atoms with E-state index in [0.717, 1.165) is 18.6 Å². The lowest BCUT2D eigenvalue weighted by atomic mass is 9.72. The zero-order valence-electron chi connectivity index (χ0n) is 12.2. The van der Waals surface area contributed by atoms with Gasteiger partial charge >= 0.3 is 0 Å². The van der Waals surface area contributed by atoms with Gasteiger partial charge in [-0.25, -0.2) is 0 Å². The maximum Gasteiger partial charge on any atom is 0.119 e. The standard InChI is InChI=1S/C17H22O4/c1-20-13-4-2-3-12(9-13)5-7-17-8-6-16(19)14(11-21-17)15(17)10-18/h2-4,6,8-9,14-16,18-19H,5,7,10-11H2,1H3/t14-,15+,16-,17-/m1/s1. The number of hydrogen-bond acceptors (Lipinski definition) is 4. The Morgan fingerprint density at radius 1 is 1.43 bits per heavy atom. The van der Waals surface area contributed by atoms with Crippen LogP contribution in [0.25, 0.3) is 0 Å². The monoisotopic (exact) mass is 290 g/mol. The molecule has 1 heterocycles. The molecule has 2 bridgehead atoms. The molecule has 0 unspecified atom stereocenters. The van der Waals surface area contributed by atoms with Gasteiger partial charge < -0.3 is 19.7 Å². The van der Waals surface area contributed by atoms with Gasteiger partial charge in [0.05, 0.1) is 25.4 Å². The van der Waals surface area contributed by atoms with E-state index < -0.39 is 11.7 Å². The van der Waals surface area contributed by atoms with Crippen molar-refractivity contribution in [3.63, 3.8) is 0 Å². The highest BCUT2D eigenvalue weighted by atomic mass is 16.5. The molecule has 1 aliphatic heterocycles. The zero-order valence-corrected chi connectivity index (χ0v) is 12.2. The zero-order chi connectivity index (χ0) is 14.9. The molecule has 4 atom stereocenters. The van der Waals surface area contributed by atoms with E-state index in [1.165, 1.54) is 5.56 Å². The van der Waals surface area contributed by atoms with Crippen molar-refractivity contribution in [3.05, 3.63) is 42.0 Å². The smallest absolute Gasteiger partial charge is 0.119 e. The predicted molar refractivity (Wildman–Crippen MR) is 79.2 cm³/mol. The van der Waals surface area contributed by atoms with Crippen LogP contribution in [0, 0.1) is 11.8 Å². The highest BCUT2D eigenvalue weighted by Crippen LogP contribution is 2.45. The van der Waals surface area contributed by atoms with Crippen LogP contribution in [-0.4, -0.2) is 42.2 Å². The molecule has 2 N–H and O–H groups in total. The number of aliphatic hydroxyl groups excluding tert-OH is 2. The molecule has 1 aromatic rings. The van der Waals surface area contributed by atoms with Gasteiger partial charge in [0.25, 0.3) is 0 Å². The van der Waals surface area contributed by atoms with Crippen LogP contribution in [0.2, 0.25) is 0 Å². The Morgan fingerprint density at radius 2 is 2.29 bits per heavy atom. The largest absolute Gasteiger partial charge is 0.497 e. The third kappa shape index (κ3) is 2.59. The van der Waals surface area contributed by atoms with Gasteiger partial charge in [0, 0.05) is 18.4 Å². The van der Waals surface area contributed by atoms with Crippen LogP contribution in [0.4, 0.5) is 0 Å². The summed E-state index contributed by atoms with van der Waals surface area (Å²) in [5.74, 6) is 0.831. The Morgan fingerprint density at radius 3 is 3.05 bits per heavy atom. The summed E-state index contributed by atoms with van der Waals surface area (Å²) in [6, 6.07) is 8.00. The summed E-state index contributed by atoms with van der Waals surface area (Å²) < 4.78 is 11.2. The molecule has 4 heteroatoms. The fourth-order valence-electron chi connectivity index (χ4n) is 3.55. The average molecular weight is 290 g/mol. The first-order valence-electron chi connectivity index (χ1n) is 7.44. The molecule has 0 saturated carbocycles. The lowest BCUT2D eigenvalue weighted by Crippen LogP contribution is -2.43. The first kappa shape index (κ1) is 14.6. The van der Waals surface area contributed by atoms with E-state index in [1.807, 2.05) is 30.4 Å². The number of benzene rings is 1. The van der Waals surface area contributed by atoms with Crippen molar-refractivity contribution in [1.29, 1.82) is 0 Å². The predicted octanol–water partition coefficient (Wildman–Crippen LogP) is 1.55. The number of fused-ring (bicyclic) bond motifs is 2. The quantitative estimate of drug-likeness (QED) is 0.808. The Labute approximate surface area is 125 Å². The molecular formula is C17H22O4. The second-order valence-electron chi connectivity index (χ2n) is 5.92. The summed E-state index contributed by atoms with van der Waals surface area (Å²) in [5.41, 5.74) is 0.744. The van der Waals surface area contributed by atoms with Crippen LogP contribution in [-0.2, 0) is 11.2 Å². The second-order valence-corrected chi connectivity index (χ2v) is 5.92. The molecule has 0 aromatic heterocycles. The van der Waals surface area contributed by atoms with Crippen molar-refractivity contribution in [1.82, 2.24) is 0 Å². The van der Waals surface area contributed by atoms with E-state index >= 15 is 0 Å². The Bertz CT molecular complexity index is 527. The third-order valence-corrected chi connectivity index (χ3v) is 4.84. The minimum Gasteiger partial charge on any atom is -0.497 e. The van der Waals surface area contributed by atoms with E-state index in [0.29, 0.717) is 6.61 Å². The number of aryl methyl sites for hydroxylation is 1. The average Bonchev–Trinajstić information content (AvgIpc) is 2.81. The molecule has 21 heavy (non-hydrogen) atoms. The molecule has 0 radical (unpaired) electrons. The van der Waals surface area contributed by atoms with Crippen LogP contribution in [0.5, 0.6) is 5.75 Å². The maximum absolute atomic E-state index is 9.97. The van der Waals surface area contributed by atoms with Crippen molar-refractivity contribution >= 4 is 0 Å². The summed E-state index contributed by atoms with van der Waals surface area (Å²) in [7, 11) is 1.66. The van der Waals surface area contributed by atoms with Crippen LogP contribution < -0.4 is 4.74 Å². The molecule has 1 fully saturated rings. The van der Waals surface area contributed by atoms with Crippen LogP contribution in [0.1, 0.15) is 12.0 Å². The lowest BCUT2D eigenvalue weighted by molar-refractivity contribution is -0.00527. The van der Waals surface area contributed by atoms with E-state index in [2.05, 4.69) is 6.07 Å². The molecule has 1 aromatic carbocycles. The van der Waals surface area contributed by atoms with Gasteiger partial charge in [0.15, 0.2) is 0 Å². The Kier molecular flexibility index (Phi) is 4.02. The number of methoxy groups -OCH3 is 1. The van der Waals surface area contributed by atoms with E-state index in [-0.39, 0.29) is 18.4 Å². The molecule has 1 saturated heterocycles. The normalized spacial score (nSPS) is 34.1. The maximum atomic E-state index is 9.97. The van der Waals surface area contributed by atoms with Crippen molar-refractivity contribution in [2.45, 2.75) is 24.5 Å². The van der Waals surface area contributed by atoms with E-state index in [4.69, 9.17) is 9.47 Å². The van der Waals surface area contributed by atoms with Gasteiger partial charge in [0.2, 0.25) is 0 Å². The first-order valence-corrected chi connectivity index (χ1v) is 7.44. The van der Waals surface area contributed by atoms with Crippen molar-refractivity contribution < 1.29 is 19.7 Å². The van der Waals surface area contributed by atoms with Crippen LogP contribution in [0.3, 0.4) is 0 Å². The van der Waals surface area contributed by atoms with E-state index in [1.54, 1.807) is 7.11 Å². The van der Waals surface area contributed by atoms with Crippen molar-refractivity contribution in [2.24, 2.45) is 11.8 Å². The lowest BCUT2D eigenvalue weighted by Gasteiger charge is -2.36. The van der Waals surface area contributed by atoms with Crippen molar-refractivity contribution in [2.75, 3.05) is 20.3 Å². The van der Waals surface area contributed by atoms with Crippen molar-refractivity contribution in [3.8, 4) is 5.75 Å². The molecule has 3 rings (SSSR count). The van der Waals surface area contributed by atoms with Crippen LogP contribution in [0.15, 0.2) is 36.4 Å². The van der Waals surface area contributed by atoms with Gasteiger partial charge in [-0.15, -0.1) is 0 Å². The highest BCUT2D eigenvalue weighted by molar-refractivity contribution is 5.29. The fourth-order valence-corrected chi connectivity index (χ4v) is 3.55. The molecule has 0 spiro atoms. The second kappa shape index (κ2) is 5.79. The highest BCUT2D eigenvalue weighted by Gasteiger charge is 2.51. The Balaban J connectivity index is 1.75. The SMILES string of the molecule is COc1cccc(CC[C@]23C=C[C@@H](O)[C@H](CO2)[C@@H]3CO)c1. The van der Waals surface area contributed by atoms with Crippen LogP contribution >= 0.6 is 0 Å². The summed E-state index contributed by atoms with van der Waals surface area (Å²) in [6.45, 7) is 0.557. The van der Waals surface area contributed by atoms with Gasteiger partial charge in [0.1, 0.15) is 5.75 Å². The summed E-state index contributed by atoms with van der Waals surface area (Å²) >= 11 is 0. The number of ether oxygens (including phenoxy) is 2. The summed E-state index contributed by atoms with van der Waals surface area (Å²) in [5, 5.41) is 19.7. The number of rotatable bonds is 5. The first-order chi connectivity index (χ1) is 10.2. The third-order valence-electron chi connectivity index (χ3n) is 4.84. The summed E-state index contributed by atoms with van der Waals surface area (Å²) in [6.07, 6.45) is 4.90. The molecule has 2 aliphatic rings. The van der Waals surface area contributed by atoms with Gasteiger partial charge in [-0.05, 0) is 30.5 Å². The van der Waals surface area contributed by atoms with E-state index in [9.17, 15) is 10.2 Å². The molecule has 114 valence electrons. The minimum absolute atomic E-state index is 0.00492. The van der Waals surface area contributed by atoms with Gasteiger partial charge in [-0.2, -0.15) is 0 Å². The number of aliphatic hydroxyl groups is 2. The molecule has 4 nitrogen and oxygen atoms in total. The minimum atomic E-state index is -0.505. The topological polar surface area (TPSA) is 58.9 Å². The Hall–Kier alpha value is -1.36. The van der Waals surface area contributed by atoms with Gasteiger partial charge in [-0.3, -0.25) is 0 Å². The molecule has 0 amide bonds. The molecular weight excluding hydrogens is 268 g/mol.